The molecule has 6 heteroatoms. The summed E-state index contributed by atoms with van der Waals surface area (Å²) in [6.45, 7) is 5.98. The molecule has 1 aliphatic carbocycles. The quantitative estimate of drug-likeness (QED) is 0.693. The van der Waals surface area contributed by atoms with E-state index in [1.54, 1.807) is 0 Å². The van der Waals surface area contributed by atoms with Crippen molar-refractivity contribution in [3.05, 3.63) is 65.2 Å². The van der Waals surface area contributed by atoms with Crippen LogP contribution in [0.1, 0.15) is 34.3 Å². The standard InChI is InChI=1S/C25H31N3O3/c1-16-8-9-18(10-17(16)2)25(31)27-22-11-19-13-28(14-20(19)12-23(22)29)15-24(30)26-21-6-4-3-5-7-21/h3-10,19-20,22-23,29H,11-15H2,1-2H3,(H,26,30)(H,27,31)/t19-,20+,22-,23-/m0/s1. The molecule has 1 aliphatic heterocycles. The van der Waals surface area contributed by atoms with Crippen molar-refractivity contribution in [3.63, 3.8) is 0 Å². The zero-order valence-corrected chi connectivity index (χ0v) is 18.2. The zero-order chi connectivity index (χ0) is 22.0. The summed E-state index contributed by atoms with van der Waals surface area (Å²) >= 11 is 0. The third kappa shape index (κ3) is 5.14. The lowest BCUT2D eigenvalue weighted by atomic mass is 9.77. The molecule has 3 N–H and O–H groups in total. The molecule has 4 rings (SSSR count). The average Bonchev–Trinajstić information content (AvgIpc) is 3.11. The van der Waals surface area contributed by atoms with Crippen LogP contribution in [0.15, 0.2) is 48.5 Å². The molecule has 0 radical (unpaired) electrons. The number of aryl methyl sites for hydroxylation is 2. The van der Waals surface area contributed by atoms with Crippen LogP contribution in [0.3, 0.4) is 0 Å². The van der Waals surface area contributed by atoms with Crippen LogP contribution >= 0.6 is 0 Å². The highest BCUT2D eigenvalue weighted by molar-refractivity contribution is 5.94. The predicted molar refractivity (Wildman–Crippen MR) is 121 cm³/mol. The van der Waals surface area contributed by atoms with Gasteiger partial charge in [0.05, 0.1) is 18.7 Å². The molecular weight excluding hydrogens is 390 g/mol. The van der Waals surface area contributed by atoms with E-state index >= 15 is 0 Å². The molecule has 1 heterocycles. The Hall–Kier alpha value is -2.70. The normalized spacial score (nSPS) is 25.6. The third-order valence-electron chi connectivity index (χ3n) is 6.73. The van der Waals surface area contributed by atoms with Crippen LogP contribution in [0.2, 0.25) is 0 Å². The molecule has 1 saturated carbocycles. The fourth-order valence-electron chi connectivity index (χ4n) is 4.87. The van der Waals surface area contributed by atoms with Gasteiger partial charge in [-0.05, 0) is 73.9 Å². The summed E-state index contributed by atoms with van der Waals surface area (Å²) in [6, 6.07) is 14.9. The van der Waals surface area contributed by atoms with Gasteiger partial charge in [-0.1, -0.05) is 24.3 Å². The van der Waals surface area contributed by atoms with Gasteiger partial charge in [0.25, 0.3) is 5.91 Å². The van der Waals surface area contributed by atoms with Crippen LogP contribution in [-0.4, -0.2) is 53.6 Å². The minimum Gasteiger partial charge on any atom is -0.391 e. The number of fused-ring (bicyclic) bond motifs is 1. The number of amides is 2. The second kappa shape index (κ2) is 9.20. The molecule has 1 saturated heterocycles. The van der Waals surface area contributed by atoms with Crippen molar-refractivity contribution in [2.75, 3.05) is 25.0 Å². The molecule has 4 atom stereocenters. The number of para-hydroxylation sites is 1. The van der Waals surface area contributed by atoms with Gasteiger partial charge in [0.1, 0.15) is 0 Å². The number of nitrogens with one attached hydrogen (secondary N) is 2. The molecule has 6 nitrogen and oxygen atoms in total. The first-order chi connectivity index (χ1) is 14.9. The van der Waals surface area contributed by atoms with Gasteiger partial charge in [-0.2, -0.15) is 0 Å². The molecule has 2 aromatic rings. The highest BCUT2D eigenvalue weighted by Crippen LogP contribution is 2.36. The van der Waals surface area contributed by atoms with Crippen LogP contribution in [0.25, 0.3) is 0 Å². The van der Waals surface area contributed by atoms with Crippen molar-refractivity contribution < 1.29 is 14.7 Å². The maximum atomic E-state index is 12.7. The molecule has 0 aromatic heterocycles. The van der Waals surface area contributed by atoms with Crippen LogP contribution in [-0.2, 0) is 4.79 Å². The summed E-state index contributed by atoms with van der Waals surface area (Å²) in [6.07, 6.45) is 0.827. The summed E-state index contributed by atoms with van der Waals surface area (Å²) in [4.78, 5) is 27.3. The zero-order valence-electron chi connectivity index (χ0n) is 18.2. The number of hydrogen-bond acceptors (Lipinski definition) is 4. The maximum absolute atomic E-state index is 12.7. The van der Waals surface area contributed by atoms with Crippen molar-refractivity contribution >= 4 is 17.5 Å². The van der Waals surface area contributed by atoms with Gasteiger partial charge >= 0.3 is 0 Å². The van der Waals surface area contributed by atoms with Crippen molar-refractivity contribution in [3.8, 4) is 0 Å². The SMILES string of the molecule is Cc1ccc(C(=O)N[C@H]2C[C@H]3CN(CC(=O)Nc4ccccc4)C[C@H]3C[C@@H]2O)cc1C. The van der Waals surface area contributed by atoms with Gasteiger partial charge in [0.15, 0.2) is 0 Å². The Labute approximate surface area is 183 Å². The predicted octanol–water partition coefficient (Wildman–Crippen LogP) is 2.74. The van der Waals surface area contributed by atoms with E-state index in [2.05, 4.69) is 15.5 Å². The lowest BCUT2D eigenvalue weighted by molar-refractivity contribution is -0.117. The smallest absolute Gasteiger partial charge is 0.251 e. The highest BCUT2D eigenvalue weighted by Gasteiger charge is 2.42. The number of rotatable bonds is 5. The molecule has 0 bridgehead atoms. The Morgan fingerprint density at radius 2 is 1.71 bits per heavy atom. The number of benzene rings is 2. The monoisotopic (exact) mass is 421 g/mol. The Balaban J connectivity index is 1.31. The molecule has 2 aliphatic rings. The third-order valence-corrected chi connectivity index (χ3v) is 6.73. The fraction of sp³-hybridized carbons (Fsp3) is 0.440. The first kappa shape index (κ1) is 21.5. The highest BCUT2D eigenvalue weighted by atomic mass is 16.3. The lowest BCUT2D eigenvalue weighted by Crippen LogP contribution is -2.49. The van der Waals surface area contributed by atoms with Crippen molar-refractivity contribution in [1.82, 2.24) is 10.2 Å². The summed E-state index contributed by atoms with van der Waals surface area (Å²) < 4.78 is 0. The van der Waals surface area contributed by atoms with E-state index < -0.39 is 6.10 Å². The first-order valence-electron chi connectivity index (χ1n) is 11.0. The van der Waals surface area contributed by atoms with Crippen molar-refractivity contribution in [2.24, 2.45) is 11.8 Å². The van der Waals surface area contributed by atoms with Crippen molar-refractivity contribution in [2.45, 2.75) is 38.8 Å². The summed E-state index contributed by atoms with van der Waals surface area (Å²) in [7, 11) is 0. The lowest BCUT2D eigenvalue weighted by Gasteiger charge is -2.35. The Kier molecular flexibility index (Phi) is 6.39. The second-order valence-corrected chi connectivity index (χ2v) is 9.05. The molecule has 2 amide bonds. The maximum Gasteiger partial charge on any atom is 0.251 e. The number of aliphatic hydroxyl groups is 1. The van der Waals surface area contributed by atoms with E-state index in [4.69, 9.17) is 0 Å². The van der Waals surface area contributed by atoms with Gasteiger partial charge in [-0.25, -0.2) is 0 Å². The topological polar surface area (TPSA) is 81.7 Å². The number of carbonyl (C=O) groups excluding carboxylic acids is 2. The fourth-order valence-corrected chi connectivity index (χ4v) is 4.87. The Morgan fingerprint density at radius 1 is 1.00 bits per heavy atom. The van der Waals surface area contributed by atoms with Crippen LogP contribution < -0.4 is 10.6 Å². The van der Waals surface area contributed by atoms with Crippen LogP contribution in [0.4, 0.5) is 5.69 Å². The molecule has 2 fully saturated rings. The molecule has 164 valence electrons. The van der Waals surface area contributed by atoms with Crippen LogP contribution in [0.5, 0.6) is 0 Å². The molecule has 0 unspecified atom stereocenters. The van der Waals surface area contributed by atoms with Gasteiger partial charge in [0, 0.05) is 24.3 Å². The second-order valence-electron chi connectivity index (χ2n) is 9.05. The molecule has 2 aromatic carbocycles. The van der Waals surface area contributed by atoms with Gasteiger partial charge < -0.3 is 15.7 Å². The van der Waals surface area contributed by atoms with E-state index in [-0.39, 0.29) is 17.9 Å². The molecular formula is C25H31N3O3. The van der Waals surface area contributed by atoms with Gasteiger partial charge in [0.2, 0.25) is 5.91 Å². The summed E-state index contributed by atoms with van der Waals surface area (Å²) in [5.41, 5.74) is 3.66. The van der Waals surface area contributed by atoms with Gasteiger partial charge in [-0.3, -0.25) is 14.5 Å². The minimum absolute atomic E-state index is 0.0232. The summed E-state index contributed by atoms with van der Waals surface area (Å²) in [5.74, 6) is 0.569. The number of aliphatic hydroxyl groups excluding tert-OH is 1. The summed E-state index contributed by atoms with van der Waals surface area (Å²) in [5, 5.41) is 16.6. The number of nitrogens with zero attached hydrogens (tertiary/aromatic N) is 1. The van der Waals surface area contributed by atoms with E-state index in [0.29, 0.717) is 30.4 Å². The first-order valence-corrected chi connectivity index (χ1v) is 11.0. The number of likely N-dealkylation sites (tertiary alicyclic amines) is 1. The number of anilines is 1. The van der Waals surface area contributed by atoms with Crippen LogP contribution in [0, 0.1) is 25.7 Å². The Bertz CT molecular complexity index is 946. The largest absolute Gasteiger partial charge is 0.391 e. The van der Waals surface area contributed by atoms with Gasteiger partial charge in [-0.15, -0.1) is 0 Å². The van der Waals surface area contributed by atoms with E-state index in [1.807, 2.05) is 62.4 Å². The number of carbonyl (C=O) groups is 2. The van der Waals surface area contributed by atoms with E-state index in [1.165, 1.54) is 0 Å². The van der Waals surface area contributed by atoms with E-state index in [0.717, 1.165) is 36.3 Å². The van der Waals surface area contributed by atoms with E-state index in [9.17, 15) is 14.7 Å². The molecule has 31 heavy (non-hydrogen) atoms. The molecule has 0 spiro atoms. The Morgan fingerprint density at radius 3 is 2.42 bits per heavy atom. The number of hydrogen-bond donors (Lipinski definition) is 3. The minimum atomic E-state index is -0.560. The van der Waals surface area contributed by atoms with Crippen molar-refractivity contribution in [1.29, 1.82) is 0 Å². The average molecular weight is 422 g/mol.